The molecule has 15 nitrogen and oxygen atoms in total. The average molecular weight is 492 g/mol. The maximum atomic E-state index is 12.1. The van der Waals surface area contributed by atoms with E-state index in [4.69, 9.17) is 24.5 Å². The molecular formula is C17H24N4O11S. The first-order valence-electron chi connectivity index (χ1n) is 9.25. The van der Waals surface area contributed by atoms with Crippen molar-refractivity contribution in [1.29, 1.82) is 0 Å². The van der Waals surface area contributed by atoms with Gasteiger partial charge in [-0.1, -0.05) is 5.11 Å². The van der Waals surface area contributed by atoms with Gasteiger partial charge in [-0.25, -0.2) is 17.9 Å². The molecule has 33 heavy (non-hydrogen) atoms. The predicted molar refractivity (Wildman–Crippen MR) is 107 cm³/mol. The van der Waals surface area contributed by atoms with E-state index in [9.17, 15) is 27.6 Å². The predicted octanol–water partition coefficient (Wildman–Crippen LogP) is -0.535. The molecule has 0 radical (unpaired) electrons. The topological polar surface area (TPSA) is 209 Å². The molecule has 1 aliphatic rings. The molecule has 0 saturated carbocycles. The number of esters is 4. The molecule has 0 aromatic carbocycles. The lowest BCUT2D eigenvalue weighted by Gasteiger charge is -2.40. The zero-order chi connectivity index (χ0) is 25.3. The first-order chi connectivity index (χ1) is 15.3. The lowest BCUT2D eigenvalue weighted by Crippen LogP contribution is -2.61. The van der Waals surface area contributed by atoms with Gasteiger partial charge in [0.25, 0.3) is 0 Å². The second-order valence-electron chi connectivity index (χ2n) is 6.74. The van der Waals surface area contributed by atoms with E-state index in [1.807, 2.05) is 0 Å². The Hall–Kier alpha value is -3.36. The van der Waals surface area contributed by atoms with Crippen LogP contribution in [0.5, 0.6) is 0 Å². The average Bonchev–Trinajstić information content (AvgIpc) is 2.68. The number of hydrogen-bond donors (Lipinski definition) is 1. The van der Waals surface area contributed by atoms with Gasteiger partial charge in [0.15, 0.2) is 18.3 Å². The van der Waals surface area contributed by atoms with Crippen molar-refractivity contribution in [3.8, 4) is 0 Å². The summed E-state index contributed by atoms with van der Waals surface area (Å²) in [7, 11) is -2.94. The van der Waals surface area contributed by atoms with Crippen molar-refractivity contribution < 1.29 is 51.3 Å². The van der Waals surface area contributed by atoms with Crippen LogP contribution in [0.2, 0.25) is 0 Å². The first-order valence-corrected chi connectivity index (χ1v) is 11.1. The second kappa shape index (κ2) is 12.0. The van der Waals surface area contributed by atoms with E-state index < -0.39 is 76.7 Å². The fourth-order valence-corrected chi connectivity index (χ4v) is 3.67. The summed E-state index contributed by atoms with van der Waals surface area (Å²) < 4.78 is 51.6. The number of carbonyl (C=O) groups excluding carboxylic acids is 4. The fraction of sp³-hybridized carbons (Fsp3) is 0.647. The summed E-state index contributed by atoms with van der Waals surface area (Å²) in [6.07, 6.45) is -2.90. The van der Waals surface area contributed by atoms with Gasteiger partial charge in [0, 0.05) is 25.7 Å². The highest BCUT2D eigenvalue weighted by Crippen LogP contribution is 2.28. The molecule has 1 heterocycles. The first kappa shape index (κ1) is 27.7. The zero-order valence-electron chi connectivity index (χ0n) is 18.4. The number of azide groups is 1. The molecule has 1 aliphatic heterocycles. The monoisotopic (exact) mass is 492 g/mol. The third kappa shape index (κ3) is 8.96. The van der Waals surface area contributed by atoms with Crippen molar-refractivity contribution in [3.05, 3.63) is 22.3 Å². The Labute approximate surface area is 189 Å². The smallest absolute Gasteiger partial charge is 0.372 e. The molecule has 0 unspecified atom stereocenters. The van der Waals surface area contributed by atoms with Gasteiger partial charge in [0.2, 0.25) is 15.8 Å². The summed E-state index contributed by atoms with van der Waals surface area (Å²) in [5.74, 6) is -4.02. The van der Waals surface area contributed by atoms with Crippen LogP contribution in [0.1, 0.15) is 20.8 Å². The van der Waals surface area contributed by atoms with Crippen LogP contribution in [-0.2, 0) is 52.9 Å². The van der Waals surface area contributed by atoms with Crippen molar-refractivity contribution in [2.24, 2.45) is 5.11 Å². The highest BCUT2D eigenvalue weighted by molar-refractivity contribution is 7.88. The molecule has 1 rings (SSSR count). The van der Waals surface area contributed by atoms with Gasteiger partial charge < -0.3 is 23.7 Å². The number of ether oxygens (including phenoxy) is 5. The van der Waals surface area contributed by atoms with Gasteiger partial charge in [0.1, 0.15) is 6.61 Å². The van der Waals surface area contributed by atoms with Gasteiger partial charge in [-0.3, -0.25) is 14.4 Å². The molecule has 5 atom stereocenters. The molecule has 0 fully saturated rings. The summed E-state index contributed by atoms with van der Waals surface area (Å²) in [4.78, 5) is 49.6. The van der Waals surface area contributed by atoms with E-state index in [0.717, 1.165) is 40.2 Å². The maximum absolute atomic E-state index is 12.1. The molecule has 0 saturated heterocycles. The van der Waals surface area contributed by atoms with Crippen molar-refractivity contribution in [2.45, 2.75) is 51.2 Å². The molecule has 0 spiro atoms. The number of nitrogens with zero attached hydrogens (tertiary/aromatic N) is 3. The Morgan fingerprint density at radius 2 is 1.79 bits per heavy atom. The van der Waals surface area contributed by atoms with Crippen LogP contribution in [0.15, 0.2) is 16.9 Å². The van der Waals surface area contributed by atoms with Gasteiger partial charge in [-0.2, -0.15) is 0 Å². The molecule has 184 valence electrons. The quantitative estimate of drug-likeness (QED) is 0.135. The molecular weight excluding hydrogens is 468 g/mol. The Kier molecular flexibility index (Phi) is 10.1. The van der Waals surface area contributed by atoms with Gasteiger partial charge in [-0.05, 0) is 11.6 Å². The van der Waals surface area contributed by atoms with Gasteiger partial charge in [0.05, 0.1) is 25.4 Å². The standard InChI is InChI=1S/C17H24N4O11S/c1-8(22)29-7-13(30-9(2)23)15(31-10(3)24)16-14(20-33(5,26)27)11(19-21-18)6-12(32-16)17(25)28-4/h6,11,13-16,20H,7H2,1-5H3/t11-,13+,14+,15+,16+/m0/s1. The summed E-state index contributed by atoms with van der Waals surface area (Å²) in [5, 5.41) is 3.48. The summed E-state index contributed by atoms with van der Waals surface area (Å²) in [6.45, 7) is 2.50. The molecule has 0 aliphatic carbocycles. The Morgan fingerprint density at radius 1 is 1.18 bits per heavy atom. The van der Waals surface area contributed by atoms with Crippen LogP contribution in [0.4, 0.5) is 0 Å². The number of carbonyl (C=O) groups is 4. The lowest BCUT2D eigenvalue weighted by atomic mass is 9.93. The summed E-state index contributed by atoms with van der Waals surface area (Å²) in [5.41, 5.74) is 8.94. The second-order valence-corrected chi connectivity index (χ2v) is 8.52. The van der Waals surface area contributed by atoms with E-state index in [0.29, 0.717) is 0 Å². The molecule has 0 bridgehead atoms. The summed E-state index contributed by atoms with van der Waals surface area (Å²) >= 11 is 0. The van der Waals surface area contributed by atoms with E-state index in [1.165, 1.54) is 0 Å². The third-order valence-corrected chi connectivity index (χ3v) is 4.69. The lowest BCUT2D eigenvalue weighted by molar-refractivity contribution is -0.187. The van der Waals surface area contributed by atoms with E-state index in [2.05, 4.69) is 19.5 Å². The van der Waals surface area contributed by atoms with Gasteiger partial charge >= 0.3 is 23.9 Å². The largest absolute Gasteiger partial charge is 0.478 e. The van der Waals surface area contributed by atoms with E-state index in [-0.39, 0.29) is 0 Å². The Bertz CT molecular complexity index is 958. The number of rotatable bonds is 10. The van der Waals surface area contributed by atoms with Crippen LogP contribution in [-0.4, -0.2) is 82.7 Å². The van der Waals surface area contributed by atoms with Crippen molar-refractivity contribution in [1.82, 2.24) is 4.72 Å². The molecule has 0 aromatic rings. The van der Waals surface area contributed by atoms with E-state index in [1.54, 1.807) is 0 Å². The normalized spacial score (nSPS) is 21.7. The third-order valence-electron chi connectivity index (χ3n) is 3.99. The Balaban J connectivity index is 3.66. The van der Waals surface area contributed by atoms with Crippen LogP contribution < -0.4 is 4.72 Å². The minimum absolute atomic E-state index is 0.488. The number of hydrogen-bond acceptors (Lipinski definition) is 12. The SMILES string of the molecule is COC(=O)C1=C[C@H](N=[N+]=[N-])[C@@H](NS(C)(=O)=O)[C@H]([C@H](OC(C)=O)[C@@H](COC(C)=O)OC(C)=O)O1. The number of methoxy groups -OCH3 is 1. The molecule has 0 aromatic heterocycles. The molecule has 0 amide bonds. The molecule has 1 N–H and O–H groups in total. The minimum atomic E-state index is -3.98. The summed E-state index contributed by atoms with van der Waals surface area (Å²) in [6, 6.07) is -2.80. The Morgan fingerprint density at radius 3 is 2.24 bits per heavy atom. The van der Waals surface area contributed by atoms with Crippen molar-refractivity contribution >= 4 is 33.9 Å². The van der Waals surface area contributed by atoms with Crippen LogP contribution >= 0.6 is 0 Å². The highest BCUT2D eigenvalue weighted by Gasteiger charge is 2.48. The highest BCUT2D eigenvalue weighted by atomic mass is 32.2. The van der Waals surface area contributed by atoms with Crippen LogP contribution in [0.25, 0.3) is 10.4 Å². The fourth-order valence-electron chi connectivity index (χ4n) is 2.90. The zero-order valence-corrected chi connectivity index (χ0v) is 19.2. The number of nitrogens with one attached hydrogen (secondary N) is 1. The van der Waals surface area contributed by atoms with Crippen molar-refractivity contribution in [2.75, 3.05) is 20.0 Å². The maximum Gasteiger partial charge on any atom is 0.372 e. The van der Waals surface area contributed by atoms with Gasteiger partial charge in [-0.15, -0.1) is 0 Å². The number of sulfonamides is 1. The van der Waals surface area contributed by atoms with Crippen LogP contribution in [0, 0.1) is 0 Å². The van der Waals surface area contributed by atoms with E-state index >= 15 is 0 Å². The van der Waals surface area contributed by atoms with Crippen LogP contribution in [0.3, 0.4) is 0 Å². The molecule has 16 heteroatoms. The van der Waals surface area contributed by atoms with Crippen molar-refractivity contribution in [3.63, 3.8) is 0 Å². The minimum Gasteiger partial charge on any atom is -0.478 e.